The first kappa shape index (κ1) is 16.2. The van der Waals surface area contributed by atoms with Crippen molar-refractivity contribution >= 4 is 29.5 Å². The zero-order valence-electron chi connectivity index (χ0n) is 11.6. The van der Waals surface area contributed by atoms with Crippen molar-refractivity contribution < 1.29 is 14.5 Å². The van der Waals surface area contributed by atoms with Crippen LogP contribution in [0.5, 0.6) is 11.5 Å². The van der Waals surface area contributed by atoms with Crippen molar-refractivity contribution in [1.29, 1.82) is 0 Å². The van der Waals surface area contributed by atoms with Gasteiger partial charge in [0.2, 0.25) is 5.75 Å². The van der Waals surface area contributed by atoms with Gasteiger partial charge in [-0.1, -0.05) is 23.7 Å². The van der Waals surface area contributed by atoms with Crippen LogP contribution in [0.25, 0.3) is 0 Å². The number of nitro groups is 1. The van der Waals surface area contributed by atoms with E-state index in [1.54, 1.807) is 24.3 Å². The Labute approximate surface area is 135 Å². The summed E-state index contributed by atoms with van der Waals surface area (Å²) in [5, 5.41) is 15.1. The van der Waals surface area contributed by atoms with E-state index in [0.717, 1.165) is 0 Å². The molecule has 0 heterocycles. The molecule has 0 unspecified atom stereocenters. The lowest BCUT2D eigenvalue weighted by Gasteiger charge is -2.08. The summed E-state index contributed by atoms with van der Waals surface area (Å²) in [6.45, 7) is 0. The summed E-state index contributed by atoms with van der Waals surface area (Å²) in [5.41, 5.74) is 6.96. The summed E-state index contributed by atoms with van der Waals surface area (Å²) in [6, 6.07) is 9.97. The minimum Gasteiger partial charge on any atom is -0.449 e. The zero-order valence-corrected chi connectivity index (χ0v) is 12.4. The molecule has 2 amide bonds. The number of amides is 2. The monoisotopic (exact) mass is 334 g/mol. The molecule has 2 rings (SSSR count). The summed E-state index contributed by atoms with van der Waals surface area (Å²) < 4.78 is 5.49. The number of ether oxygens (including phenoxy) is 1. The Morgan fingerprint density at radius 3 is 2.70 bits per heavy atom. The van der Waals surface area contributed by atoms with E-state index in [2.05, 4.69) is 5.10 Å². The third kappa shape index (κ3) is 4.42. The van der Waals surface area contributed by atoms with E-state index in [-0.39, 0.29) is 11.4 Å². The highest BCUT2D eigenvalue weighted by atomic mass is 35.5. The molecule has 2 aromatic carbocycles. The van der Waals surface area contributed by atoms with Crippen LogP contribution in [0.2, 0.25) is 5.02 Å². The average molecular weight is 335 g/mol. The van der Waals surface area contributed by atoms with Crippen molar-refractivity contribution in [3.8, 4) is 11.5 Å². The fourth-order valence-electron chi connectivity index (χ4n) is 1.66. The maximum atomic E-state index is 11.2. The molecule has 0 saturated carbocycles. The van der Waals surface area contributed by atoms with Crippen molar-refractivity contribution in [2.24, 2.45) is 10.8 Å². The third-order valence-electron chi connectivity index (χ3n) is 2.62. The first-order valence-corrected chi connectivity index (χ1v) is 6.64. The van der Waals surface area contributed by atoms with E-state index >= 15 is 0 Å². The van der Waals surface area contributed by atoms with E-state index in [1.165, 1.54) is 24.4 Å². The van der Waals surface area contributed by atoms with Gasteiger partial charge >= 0.3 is 11.7 Å². The standard InChI is InChI=1S/C14H11ClN4O4/c15-10-3-1-2-4-12(10)23-13-6-5-9(7-11(13)19(21)22)8-17-18-14(16)20/h1-8H,(H3,16,18,20). The number of nitrogens with two attached hydrogens (primary N) is 1. The Morgan fingerprint density at radius 2 is 2.04 bits per heavy atom. The van der Waals surface area contributed by atoms with Gasteiger partial charge in [0, 0.05) is 11.6 Å². The minimum absolute atomic E-state index is 0.0307. The molecule has 23 heavy (non-hydrogen) atoms. The van der Waals surface area contributed by atoms with Crippen molar-refractivity contribution in [2.75, 3.05) is 0 Å². The maximum Gasteiger partial charge on any atom is 0.332 e. The van der Waals surface area contributed by atoms with Gasteiger partial charge in [0.05, 0.1) is 16.2 Å². The summed E-state index contributed by atoms with van der Waals surface area (Å²) in [4.78, 5) is 21.1. The Morgan fingerprint density at radius 1 is 1.30 bits per heavy atom. The van der Waals surface area contributed by atoms with Gasteiger partial charge in [-0.3, -0.25) is 10.1 Å². The number of nitrogens with one attached hydrogen (secondary N) is 1. The molecule has 0 bridgehead atoms. The highest BCUT2D eigenvalue weighted by Gasteiger charge is 2.17. The number of rotatable bonds is 5. The number of benzene rings is 2. The summed E-state index contributed by atoms with van der Waals surface area (Å²) >= 11 is 5.97. The second-order valence-electron chi connectivity index (χ2n) is 4.25. The number of halogens is 1. The lowest BCUT2D eigenvalue weighted by Crippen LogP contribution is -2.24. The van der Waals surface area contributed by atoms with Crippen LogP contribution in [-0.4, -0.2) is 17.2 Å². The van der Waals surface area contributed by atoms with Gasteiger partial charge in [-0.2, -0.15) is 5.10 Å². The molecule has 0 spiro atoms. The van der Waals surface area contributed by atoms with E-state index in [0.29, 0.717) is 16.3 Å². The molecule has 0 aromatic heterocycles. The summed E-state index contributed by atoms with van der Waals surface area (Å²) in [7, 11) is 0. The lowest BCUT2D eigenvalue weighted by molar-refractivity contribution is -0.385. The average Bonchev–Trinajstić information content (AvgIpc) is 2.50. The van der Waals surface area contributed by atoms with Crippen molar-refractivity contribution in [2.45, 2.75) is 0 Å². The largest absolute Gasteiger partial charge is 0.449 e. The molecule has 0 aliphatic rings. The molecule has 118 valence electrons. The van der Waals surface area contributed by atoms with Crippen LogP contribution in [0.4, 0.5) is 10.5 Å². The quantitative estimate of drug-likeness (QED) is 0.496. The molecular weight excluding hydrogens is 324 g/mol. The van der Waals surface area contributed by atoms with Crippen molar-refractivity contribution in [3.05, 3.63) is 63.2 Å². The van der Waals surface area contributed by atoms with Crippen LogP contribution in [0, 0.1) is 10.1 Å². The van der Waals surface area contributed by atoms with E-state index in [4.69, 9.17) is 22.1 Å². The van der Waals surface area contributed by atoms with E-state index in [1.807, 2.05) is 5.43 Å². The number of carbonyl (C=O) groups excluding carboxylic acids is 1. The number of hydrazone groups is 1. The first-order chi connectivity index (χ1) is 11.0. The van der Waals surface area contributed by atoms with Crippen LogP contribution in [-0.2, 0) is 0 Å². The molecular formula is C14H11ClN4O4. The Balaban J connectivity index is 2.30. The molecule has 0 fully saturated rings. The van der Waals surface area contributed by atoms with E-state index < -0.39 is 11.0 Å². The maximum absolute atomic E-state index is 11.2. The number of carbonyl (C=O) groups is 1. The van der Waals surface area contributed by atoms with Crippen molar-refractivity contribution in [3.63, 3.8) is 0 Å². The number of hydrogen-bond acceptors (Lipinski definition) is 5. The number of para-hydroxylation sites is 1. The fraction of sp³-hybridized carbons (Fsp3) is 0. The van der Waals surface area contributed by atoms with Crippen LogP contribution >= 0.6 is 11.6 Å². The molecule has 0 radical (unpaired) electrons. The van der Waals surface area contributed by atoms with Crippen LogP contribution in [0.15, 0.2) is 47.6 Å². The van der Waals surface area contributed by atoms with Gasteiger partial charge in [0.25, 0.3) is 0 Å². The Hall–Kier alpha value is -3.13. The Kier molecular flexibility index (Phi) is 5.11. The second-order valence-corrected chi connectivity index (χ2v) is 4.66. The predicted octanol–water partition coefficient (Wildman–Crippen LogP) is 3.04. The highest BCUT2D eigenvalue weighted by molar-refractivity contribution is 6.32. The van der Waals surface area contributed by atoms with Gasteiger partial charge < -0.3 is 10.5 Å². The highest BCUT2D eigenvalue weighted by Crippen LogP contribution is 2.34. The molecule has 2 aromatic rings. The number of nitro benzene ring substituents is 1. The van der Waals surface area contributed by atoms with Gasteiger partial charge in [0.1, 0.15) is 5.75 Å². The fourth-order valence-corrected chi connectivity index (χ4v) is 1.83. The smallest absolute Gasteiger partial charge is 0.332 e. The van der Waals surface area contributed by atoms with Crippen LogP contribution < -0.4 is 15.9 Å². The SMILES string of the molecule is NC(=O)NN=Cc1ccc(Oc2ccccc2Cl)c([N+](=O)[O-])c1. The van der Waals surface area contributed by atoms with Crippen molar-refractivity contribution in [1.82, 2.24) is 5.43 Å². The summed E-state index contributed by atoms with van der Waals surface area (Å²) in [6.07, 6.45) is 1.22. The topological polar surface area (TPSA) is 120 Å². The molecule has 0 aliphatic heterocycles. The molecule has 0 aliphatic carbocycles. The molecule has 9 heteroatoms. The van der Waals surface area contributed by atoms with Crippen LogP contribution in [0.3, 0.4) is 0 Å². The second kappa shape index (κ2) is 7.23. The molecule has 0 atom stereocenters. The number of primary amides is 1. The molecule has 0 saturated heterocycles. The molecule has 8 nitrogen and oxygen atoms in total. The molecule has 3 N–H and O–H groups in total. The van der Waals surface area contributed by atoms with Crippen LogP contribution in [0.1, 0.15) is 5.56 Å². The van der Waals surface area contributed by atoms with E-state index in [9.17, 15) is 14.9 Å². The number of nitrogens with zero attached hydrogens (tertiary/aromatic N) is 2. The predicted molar refractivity (Wildman–Crippen MR) is 84.9 cm³/mol. The van der Waals surface area contributed by atoms with Gasteiger partial charge in [0.15, 0.2) is 0 Å². The lowest BCUT2D eigenvalue weighted by atomic mass is 10.2. The van der Waals surface area contributed by atoms with Gasteiger partial charge in [-0.05, 0) is 24.3 Å². The van der Waals surface area contributed by atoms with Gasteiger partial charge in [-0.25, -0.2) is 10.2 Å². The van der Waals surface area contributed by atoms with Gasteiger partial charge in [-0.15, -0.1) is 0 Å². The minimum atomic E-state index is -0.838. The third-order valence-corrected chi connectivity index (χ3v) is 2.94. The first-order valence-electron chi connectivity index (χ1n) is 6.26. The normalized spacial score (nSPS) is 10.5. The Bertz CT molecular complexity index is 779. The number of urea groups is 1. The zero-order chi connectivity index (χ0) is 16.8. The summed E-state index contributed by atoms with van der Waals surface area (Å²) in [5.74, 6) is 0.331. The number of hydrogen-bond donors (Lipinski definition) is 2.